The first-order chi connectivity index (χ1) is 12.2. The van der Waals surface area contributed by atoms with Crippen molar-refractivity contribution in [3.63, 3.8) is 0 Å². The average molecular weight is 332 g/mol. The van der Waals surface area contributed by atoms with Gasteiger partial charge in [-0.25, -0.2) is 0 Å². The first kappa shape index (κ1) is 15.6. The molecule has 2 aliphatic carbocycles. The molecule has 0 heterocycles. The maximum Gasteiger partial charge on any atom is 0.228 e. The molecule has 0 saturated heterocycles. The maximum absolute atomic E-state index is 12.8. The smallest absolute Gasteiger partial charge is 0.228 e. The van der Waals surface area contributed by atoms with Gasteiger partial charge in [-0.05, 0) is 42.5 Å². The monoisotopic (exact) mass is 332 g/mol. The normalized spacial score (nSPS) is 26.4. The number of rotatable bonds is 4. The summed E-state index contributed by atoms with van der Waals surface area (Å²) in [6.45, 7) is 0. The zero-order valence-electron chi connectivity index (χ0n) is 13.8. The predicted molar refractivity (Wildman–Crippen MR) is 97.9 cm³/mol. The van der Waals surface area contributed by atoms with Crippen molar-refractivity contribution >= 4 is 23.2 Å². The van der Waals surface area contributed by atoms with Crippen molar-refractivity contribution in [2.24, 2.45) is 23.7 Å². The van der Waals surface area contributed by atoms with Gasteiger partial charge in [0.1, 0.15) is 0 Å². The molecule has 4 atom stereocenters. The van der Waals surface area contributed by atoms with Crippen LogP contribution in [-0.2, 0) is 9.59 Å². The Hall–Kier alpha value is -2.88. The van der Waals surface area contributed by atoms with Crippen LogP contribution in [-0.4, -0.2) is 11.8 Å². The number of carbonyl (C=O) groups is 2. The van der Waals surface area contributed by atoms with E-state index in [4.69, 9.17) is 0 Å². The molecule has 0 aromatic heterocycles. The van der Waals surface area contributed by atoms with Gasteiger partial charge in [-0.1, -0.05) is 48.6 Å². The van der Waals surface area contributed by atoms with Gasteiger partial charge in [0.15, 0.2) is 0 Å². The van der Waals surface area contributed by atoms with Crippen molar-refractivity contribution in [3.05, 3.63) is 72.8 Å². The minimum absolute atomic E-state index is 0.0729. The molecule has 2 bridgehead atoms. The van der Waals surface area contributed by atoms with Gasteiger partial charge in [0.2, 0.25) is 11.8 Å². The third-order valence-electron chi connectivity index (χ3n) is 5.15. The second kappa shape index (κ2) is 6.55. The molecule has 25 heavy (non-hydrogen) atoms. The van der Waals surface area contributed by atoms with Crippen LogP contribution in [0.15, 0.2) is 72.8 Å². The Balaban J connectivity index is 1.52. The first-order valence-electron chi connectivity index (χ1n) is 8.62. The van der Waals surface area contributed by atoms with Crippen molar-refractivity contribution < 1.29 is 9.59 Å². The van der Waals surface area contributed by atoms with Crippen molar-refractivity contribution in [3.8, 4) is 0 Å². The number of carbonyl (C=O) groups excluding carboxylic acids is 2. The number of benzene rings is 2. The Morgan fingerprint density at radius 3 is 1.48 bits per heavy atom. The zero-order valence-corrected chi connectivity index (χ0v) is 13.8. The summed E-state index contributed by atoms with van der Waals surface area (Å²) in [5.74, 6) is -0.508. The highest BCUT2D eigenvalue weighted by Crippen LogP contribution is 2.48. The molecule has 0 unspecified atom stereocenters. The summed E-state index contributed by atoms with van der Waals surface area (Å²) < 4.78 is 0. The SMILES string of the molecule is O=C(Nc1ccccc1)[C@@H]1[C@H](C(=O)Nc2ccccc2)[C@H]2C=C[C@@H]1C2. The molecule has 4 nitrogen and oxygen atoms in total. The maximum atomic E-state index is 12.8. The number of fused-ring (bicyclic) bond motifs is 2. The fourth-order valence-corrected chi connectivity index (χ4v) is 4.03. The fourth-order valence-electron chi connectivity index (χ4n) is 4.03. The molecule has 126 valence electrons. The van der Waals surface area contributed by atoms with E-state index < -0.39 is 0 Å². The number of hydrogen-bond donors (Lipinski definition) is 2. The molecular formula is C21H20N2O2. The van der Waals surface area contributed by atoms with E-state index in [0.717, 1.165) is 17.8 Å². The molecule has 2 aromatic carbocycles. The minimum Gasteiger partial charge on any atom is -0.326 e. The van der Waals surface area contributed by atoms with Crippen LogP contribution >= 0.6 is 0 Å². The highest BCUT2D eigenvalue weighted by atomic mass is 16.2. The summed E-state index contributed by atoms with van der Waals surface area (Å²) in [6, 6.07) is 18.8. The van der Waals surface area contributed by atoms with Crippen LogP contribution in [0.5, 0.6) is 0 Å². The van der Waals surface area contributed by atoms with Gasteiger partial charge in [0.05, 0.1) is 11.8 Å². The van der Waals surface area contributed by atoms with E-state index in [-0.39, 0.29) is 35.5 Å². The van der Waals surface area contributed by atoms with Crippen molar-refractivity contribution in [1.82, 2.24) is 0 Å². The summed E-state index contributed by atoms with van der Waals surface area (Å²) in [6.07, 6.45) is 5.05. The Morgan fingerprint density at radius 1 is 0.680 bits per heavy atom. The Labute approximate surface area is 146 Å². The molecule has 1 fully saturated rings. The summed E-state index contributed by atoms with van der Waals surface area (Å²) in [7, 11) is 0. The molecule has 0 radical (unpaired) electrons. The van der Waals surface area contributed by atoms with E-state index in [1.165, 1.54) is 0 Å². The average Bonchev–Trinajstić information content (AvgIpc) is 3.24. The van der Waals surface area contributed by atoms with Crippen LogP contribution in [0.3, 0.4) is 0 Å². The fraction of sp³-hybridized carbons (Fsp3) is 0.238. The molecule has 1 saturated carbocycles. The van der Waals surface area contributed by atoms with Gasteiger partial charge in [0.25, 0.3) is 0 Å². The molecule has 0 spiro atoms. The van der Waals surface area contributed by atoms with Crippen LogP contribution in [0.1, 0.15) is 6.42 Å². The summed E-state index contributed by atoms with van der Waals surface area (Å²) in [4.78, 5) is 25.7. The lowest BCUT2D eigenvalue weighted by Gasteiger charge is -2.26. The molecule has 0 aliphatic heterocycles. The molecule has 4 heteroatoms. The quantitative estimate of drug-likeness (QED) is 0.839. The van der Waals surface area contributed by atoms with E-state index in [9.17, 15) is 9.59 Å². The standard InChI is InChI=1S/C21H20N2O2/c24-20(22-16-7-3-1-4-8-16)18-14-11-12-15(13-14)19(18)21(25)23-17-9-5-2-6-10-17/h1-12,14-15,18-19H,13H2,(H,22,24)(H,23,25)/t14-,15+,18+,19-. The molecular weight excluding hydrogens is 312 g/mol. The zero-order chi connectivity index (χ0) is 17.2. The molecule has 4 rings (SSSR count). The predicted octanol–water partition coefficient (Wildman–Crippen LogP) is 3.70. The summed E-state index contributed by atoms with van der Waals surface area (Å²) >= 11 is 0. The van der Waals surface area contributed by atoms with Crippen LogP contribution in [0.2, 0.25) is 0 Å². The number of nitrogens with one attached hydrogen (secondary N) is 2. The van der Waals surface area contributed by atoms with E-state index in [1.54, 1.807) is 0 Å². The van der Waals surface area contributed by atoms with Gasteiger partial charge in [0, 0.05) is 11.4 Å². The first-order valence-corrected chi connectivity index (χ1v) is 8.62. The second-order valence-corrected chi connectivity index (χ2v) is 6.71. The van der Waals surface area contributed by atoms with E-state index in [0.29, 0.717) is 0 Å². The molecule has 2 amide bonds. The number of amides is 2. The van der Waals surface area contributed by atoms with Gasteiger partial charge in [-0.2, -0.15) is 0 Å². The summed E-state index contributed by atoms with van der Waals surface area (Å²) in [5.41, 5.74) is 1.53. The van der Waals surface area contributed by atoms with Crippen LogP contribution in [0, 0.1) is 23.7 Å². The lowest BCUT2D eigenvalue weighted by atomic mass is 9.81. The van der Waals surface area contributed by atoms with Crippen molar-refractivity contribution in [1.29, 1.82) is 0 Å². The van der Waals surface area contributed by atoms with Crippen LogP contribution in [0.25, 0.3) is 0 Å². The van der Waals surface area contributed by atoms with Gasteiger partial charge < -0.3 is 10.6 Å². The Morgan fingerprint density at radius 2 is 1.08 bits per heavy atom. The third-order valence-corrected chi connectivity index (χ3v) is 5.15. The minimum atomic E-state index is -0.320. The number of para-hydroxylation sites is 2. The van der Waals surface area contributed by atoms with Gasteiger partial charge in [-0.15, -0.1) is 0 Å². The second-order valence-electron chi connectivity index (χ2n) is 6.71. The molecule has 2 aromatic rings. The number of hydrogen-bond acceptors (Lipinski definition) is 2. The van der Waals surface area contributed by atoms with Crippen molar-refractivity contribution in [2.45, 2.75) is 6.42 Å². The highest BCUT2D eigenvalue weighted by molar-refractivity contribution is 6.01. The van der Waals surface area contributed by atoms with Gasteiger partial charge >= 0.3 is 0 Å². The number of allylic oxidation sites excluding steroid dienone is 2. The summed E-state index contributed by atoms with van der Waals surface area (Å²) in [5, 5.41) is 5.93. The molecule has 2 N–H and O–H groups in total. The molecule has 2 aliphatic rings. The van der Waals surface area contributed by atoms with E-state index in [2.05, 4.69) is 22.8 Å². The van der Waals surface area contributed by atoms with E-state index >= 15 is 0 Å². The van der Waals surface area contributed by atoms with E-state index in [1.807, 2.05) is 60.7 Å². The van der Waals surface area contributed by atoms with Gasteiger partial charge in [-0.3, -0.25) is 9.59 Å². The largest absolute Gasteiger partial charge is 0.326 e. The Bertz CT molecular complexity index is 734. The Kier molecular flexibility index (Phi) is 4.10. The van der Waals surface area contributed by atoms with Crippen LogP contribution in [0.4, 0.5) is 11.4 Å². The highest BCUT2D eigenvalue weighted by Gasteiger charge is 2.51. The topological polar surface area (TPSA) is 58.2 Å². The lowest BCUT2D eigenvalue weighted by Crippen LogP contribution is -2.39. The van der Waals surface area contributed by atoms with Crippen LogP contribution < -0.4 is 10.6 Å². The van der Waals surface area contributed by atoms with Crippen molar-refractivity contribution in [2.75, 3.05) is 10.6 Å². The third kappa shape index (κ3) is 3.07. The number of anilines is 2. The lowest BCUT2D eigenvalue weighted by molar-refractivity contribution is -0.129.